The first kappa shape index (κ1) is 25.1. The minimum Gasteiger partial charge on any atom is -0.403 e. The lowest BCUT2D eigenvalue weighted by atomic mass is 10.1. The SMILES string of the molecule is C=C/C=C\C=C/C.CC.CS.N/C=C(/Cl)c1c(N)cnc2[nH]ccc12. The maximum atomic E-state index is 5.95. The molecule has 0 spiro atoms. The summed E-state index contributed by atoms with van der Waals surface area (Å²) >= 11 is 9.47. The Balaban J connectivity index is 0. The molecular formula is C19H29ClN4S. The molecule has 5 N–H and O–H groups in total. The third-order valence-electron chi connectivity index (χ3n) is 2.55. The topological polar surface area (TPSA) is 80.7 Å². The van der Waals surface area contributed by atoms with E-state index in [9.17, 15) is 0 Å². The molecular weight excluding hydrogens is 352 g/mol. The predicted octanol–water partition coefficient (Wildman–Crippen LogP) is 5.52. The second-order valence-electron chi connectivity index (χ2n) is 3.99. The summed E-state index contributed by atoms with van der Waals surface area (Å²) in [4.78, 5) is 7.08. The lowest BCUT2D eigenvalue weighted by Gasteiger charge is -2.04. The van der Waals surface area contributed by atoms with E-state index in [0.717, 1.165) is 16.6 Å². The summed E-state index contributed by atoms with van der Waals surface area (Å²) in [5, 5.41) is 1.30. The zero-order valence-corrected chi connectivity index (χ0v) is 17.0. The summed E-state index contributed by atoms with van der Waals surface area (Å²) in [6.45, 7) is 9.49. The fourth-order valence-corrected chi connectivity index (χ4v) is 1.84. The highest BCUT2D eigenvalue weighted by atomic mass is 35.5. The highest BCUT2D eigenvalue weighted by molar-refractivity contribution is 7.79. The van der Waals surface area contributed by atoms with Crippen LogP contribution in [-0.2, 0) is 0 Å². The quantitative estimate of drug-likeness (QED) is 0.418. The van der Waals surface area contributed by atoms with Crippen LogP contribution in [0.3, 0.4) is 0 Å². The van der Waals surface area contributed by atoms with Gasteiger partial charge in [-0.15, -0.1) is 0 Å². The molecule has 0 fully saturated rings. The molecule has 6 heteroatoms. The number of nitrogens with zero attached hydrogens (tertiary/aromatic N) is 1. The van der Waals surface area contributed by atoms with Crippen LogP contribution in [0.25, 0.3) is 16.1 Å². The third kappa shape index (κ3) is 9.08. The second kappa shape index (κ2) is 16.7. The highest BCUT2D eigenvalue weighted by Gasteiger charge is 2.09. The number of nitrogen functional groups attached to an aromatic ring is 1. The molecule has 2 aromatic heterocycles. The van der Waals surface area contributed by atoms with E-state index in [4.69, 9.17) is 23.1 Å². The molecule has 2 heterocycles. The number of anilines is 1. The van der Waals surface area contributed by atoms with Crippen molar-refractivity contribution in [1.29, 1.82) is 0 Å². The molecule has 0 saturated carbocycles. The first-order valence-electron chi connectivity index (χ1n) is 7.80. The molecule has 0 bridgehead atoms. The van der Waals surface area contributed by atoms with Gasteiger partial charge in [-0.3, -0.25) is 0 Å². The van der Waals surface area contributed by atoms with Gasteiger partial charge in [-0.2, -0.15) is 12.6 Å². The number of fused-ring (bicyclic) bond motifs is 1. The Bertz CT molecular complexity index is 688. The Morgan fingerprint density at radius 3 is 2.44 bits per heavy atom. The van der Waals surface area contributed by atoms with Crippen molar-refractivity contribution in [3.05, 3.63) is 67.2 Å². The number of aromatic amines is 1. The number of thiol groups is 1. The number of allylic oxidation sites excluding steroid dienone is 5. The maximum absolute atomic E-state index is 5.95. The molecule has 0 aliphatic carbocycles. The Morgan fingerprint density at radius 2 is 1.92 bits per heavy atom. The molecule has 2 rings (SSSR count). The Labute approximate surface area is 161 Å². The summed E-state index contributed by atoms with van der Waals surface area (Å²) in [6.07, 6.45) is 15.9. The van der Waals surface area contributed by atoms with Crippen molar-refractivity contribution in [2.45, 2.75) is 20.8 Å². The zero-order valence-electron chi connectivity index (χ0n) is 15.3. The fraction of sp³-hybridized carbons (Fsp3) is 0.211. The average Bonchev–Trinajstić information content (AvgIpc) is 3.14. The standard InChI is InChI=1S/C9H9ClN4.C7H10.C2H6.CH4S/c10-6(3-11)8-5-1-2-13-9(5)14-4-7(8)12;1-3-5-7-6-4-2;2*1-2/h1-4H,11-12H2,(H,13,14);3-7H,1H2,2H3;1-2H3;2H,1H3/b6-3+;6-4-,7-5-;;. The molecule has 0 saturated heterocycles. The van der Waals surface area contributed by atoms with Crippen molar-refractivity contribution in [2.75, 3.05) is 12.0 Å². The Hall–Kier alpha value is -2.11. The van der Waals surface area contributed by atoms with E-state index in [2.05, 4.69) is 29.2 Å². The van der Waals surface area contributed by atoms with Crippen LogP contribution in [0.1, 0.15) is 26.3 Å². The molecule has 2 aromatic rings. The maximum Gasteiger partial charge on any atom is 0.138 e. The van der Waals surface area contributed by atoms with Crippen molar-refractivity contribution in [3.63, 3.8) is 0 Å². The van der Waals surface area contributed by atoms with E-state index >= 15 is 0 Å². The van der Waals surface area contributed by atoms with E-state index < -0.39 is 0 Å². The van der Waals surface area contributed by atoms with E-state index in [1.165, 1.54) is 6.20 Å². The third-order valence-corrected chi connectivity index (χ3v) is 2.87. The summed E-state index contributed by atoms with van der Waals surface area (Å²) < 4.78 is 0. The minimum absolute atomic E-state index is 0.425. The Kier molecular flexibility index (Phi) is 16.8. The molecule has 0 aromatic carbocycles. The molecule has 4 nitrogen and oxygen atoms in total. The molecule has 0 aliphatic rings. The van der Waals surface area contributed by atoms with Crippen LogP contribution in [0.5, 0.6) is 0 Å². The number of hydrogen-bond donors (Lipinski definition) is 4. The second-order valence-corrected chi connectivity index (χ2v) is 4.40. The average molecular weight is 381 g/mol. The van der Waals surface area contributed by atoms with Gasteiger partial charge in [0.25, 0.3) is 0 Å². The number of aromatic nitrogens is 2. The van der Waals surface area contributed by atoms with Crippen molar-refractivity contribution < 1.29 is 0 Å². The van der Waals surface area contributed by atoms with Gasteiger partial charge in [0, 0.05) is 23.3 Å². The summed E-state index contributed by atoms with van der Waals surface area (Å²) in [5.41, 5.74) is 13.1. The molecule has 0 aliphatic heterocycles. The number of pyridine rings is 1. The van der Waals surface area contributed by atoms with Gasteiger partial charge in [-0.25, -0.2) is 4.98 Å². The van der Waals surface area contributed by atoms with E-state index in [1.54, 1.807) is 24.7 Å². The van der Waals surface area contributed by atoms with Crippen LogP contribution >= 0.6 is 24.2 Å². The van der Waals surface area contributed by atoms with E-state index in [1.807, 2.05) is 51.1 Å². The number of H-pyrrole nitrogens is 1. The van der Waals surface area contributed by atoms with Crippen molar-refractivity contribution in [2.24, 2.45) is 5.73 Å². The lowest BCUT2D eigenvalue weighted by molar-refractivity contribution is 1.32. The van der Waals surface area contributed by atoms with Crippen LogP contribution in [0.15, 0.2) is 61.6 Å². The van der Waals surface area contributed by atoms with Gasteiger partial charge in [0.15, 0.2) is 0 Å². The van der Waals surface area contributed by atoms with Gasteiger partial charge in [0.05, 0.1) is 16.9 Å². The highest BCUT2D eigenvalue weighted by Crippen LogP contribution is 2.30. The van der Waals surface area contributed by atoms with Gasteiger partial charge < -0.3 is 16.5 Å². The number of hydrogen-bond acceptors (Lipinski definition) is 4. The van der Waals surface area contributed by atoms with Gasteiger partial charge >= 0.3 is 0 Å². The van der Waals surface area contributed by atoms with Crippen LogP contribution in [0.4, 0.5) is 5.69 Å². The van der Waals surface area contributed by atoms with E-state index in [0.29, 0.717) is 10.7 Å². The van der Waals surface area contributed by atoms with Gasteiger partial charge in [-0.05, 0) is 19.2 Å². The molecule has 0 atom stereocenters. The fourth-order valence-electron chi connectivity index (χ4n) is 1.63. The van der Waals surface area contributed by atoms with Crippen LogP contribution in [0, 0.1) is 0 Å². The summed E-state index contributed by atoms with van der Waals surface area (Å²) in [6, 6.07) is 1.86. The molecule has 0 radical (unpaired) electrons. The number of halogens is 1. The summed E-state index contributed by atoms with van der Waals surface area (Å²) in [7, 11) is 0. The summed E-state index contributed by atoms with van der Waals surface area (Å²) in [5.74, 6) is 0. The lowest BCUT2D eigenvalue weighted by Crippen LogP contribution is -1.95. The Morgan fingerprint density at radius 1 is 1.28 bits per heavy atom. The van der Waals surface area contributed by atoms with Crippen LogP contribution in [-0.4, -0.2) is 16.2 Å². The first-order valence-corrected chi connectivity index (χ1v) is 9.07. The normalized spacial score (nSPS) is 10.4. The van der Waals surface area contributed by atoms with Gasteiger partial charge in [0.2, 0.25) is 0 Å². The smallest absolute Gasteiger partial charge is 0.138 e. The molecule has 138 valence electrons. The monoisotopic (exact) mass is 380 g/mol. The zero-order chi connectivity index (χ0) is 19.7. The minimum atomic E-state index is 0.425. The van der Waals surface area contributed by atoms with Crippen LogP contribution in [0.2, 0.25) is 0 Å². The molecule has 0 amide bonds. The molecule has 25 heavy (non-hydrogen) atoms. The first-order chi connectivity index (χ1) is 12.2. The van der Waals surface area contributed by atoms with E-state index in [-0.39, 0.29) is 0 Å². The van der Waals surface area contributed by atoms with Crippen LogP contribution < -0.4 is 11.5 Å². The van der Waals surface area contributed by atoms with Gasteiger partial charge in [0.1, 0.15) is 5.65 Å². The van der Waals surface area contributed by atoms with Crippen molar-refractivity contribution in [1.82, 2.24) is 9.97 Å². The number of nitrogens with two attached hydrogens (primary N) is 2. The predicted molar refractivity (Wildman–Crippen MR) is 119 cm³/mol. The number of rotatable bonds is 3. The largest absolute Gasteiger partial charge is 0.403 e. The van der Waals surface area contributed by atoms with Crippen molar-refractivity contribution >= 4 is 46.0 Å². The van der Waals surface area contributed by atoms with Crippen molar-refractivity contribution in [3.8, 4) is 0 Å². The van der Waals surface area contributed by atoms with Gasteiger partial charge in [-0.1, -0.05) is 62.4 Å². The number of nitrogens with one attached hydrogen (secondary N) is 1. The molecule has 0 unspecified atom stereocenters.